The van der Waals surface area contributed by atoms with Gasteiger partial charge in [0, 0.05) is 25.4 Å². The number of hydrogen-bond acceptors (Lipinski definition) is 5. The molecule has 1 heterocycles. The van der Waals surface area contributed by atoms with Crippen molar-refractivity contribution in [2.75, 3.05) is 32.8 Å². The third kappa shape index (κ3) is 4.31. The average molecular weight is 438 g/mol. The number of carboxylic acid groups (broad SMARTS) is 1. The van der Waals surface area contributed by atoms with Crippen LogP contribution in [0.5, 0.6) is 0 Å². The molecule has 2 aromatic rings. The summed E-state index contributed by atoms with van der Waals surface area (Å²) in [6, 6.07) is 16.2. The van der Waals surface area contributed by atoms with Crippen molar-refractivity contribution in [3.05, 3.63) is 59.7 Å². The van der Waals surface area contributed by atoms with Crippen LogP contribution >= 0.6 is 0 Å². The second-order valence-corrected chi connectivity index (χ2v) is 8.20. The summed E-state index contributed by atoms with van der Waals surface area (Å²) in [5, 5.41) is 11.9. The van der Waals surface area contributed by atoms with Gasteiger partial charge < -0.3 is 24.8 Å². The van der Waals surface area contributed by atoms with Crippen molar-refractivity contribution < 1.29 is 29.0 Å². The van der Waals surface area contributed by atoms with Crippen LogP contribution in [0.25, 0.3) is 11.1 Å². The van der Waals surface area contributed by atoms with E-state index >= 15 is 0 Å². The Hall–Kier alpha value is -3.39. The summed E-state index contributed by atoms with van der Waals surface area (Å²) >= 11 is 0. The first-order valence-electron chi connectivity index (χ1n) is 10.6. The van der Waals surface area contributed by atoms with Crippen LogP contribution in [0, 0.1) is 0 Å². The molecule has 8 heteroatoms. The fraction of sp³-hybridized carbons (Fsp3) is 0.375. The molecule has 2 aliphatic rings. The second-order valence-electron chi connectivity index (χ2n) is 8.20. The van der Waals surface area contributed by atoms with Crippen molar-refractivity contribution >= 4 is 18.0 Å². The van der Waals surface area contributed by atoms with Crippen LogP contribution < -0.4 is 5.32 Å². The Bertz CT molecular complexity index is 993. The highest BCUT2D eigenvalue weighted by Crippen LogP contribution is 2.44. The normalized spacial score (nSPS) is 19.7. The van der Waals surface area contributed by atoms with Gasteiger partial charge in [0.1, 0.15) is 6.61 Å². The number of nitrogens with zero attached hydrogens (tertiary/aromatic N) is 1. The summed E-state index contributed by atoms with van der Waals surface area (Å²) in [6.45, 7) is 2.22. The molecule has 2 aromatic carbocycles. The Morgan fingerprint density at radius 2 is 1.75 bits per heavy atom. The molecule has 1 fully saturated rings. The van der Waals surface area contributed by atoms with Gasteiger partial charge in [-0.05, 0) is 29.2 Å². The summed E-state index contributed by atoms with van der Waals surface area (Å²) in [5.41, 5.74) is 3.16. The summed E-state index contributed by atoms with van der Waals surface area (Å²) in [5.74, 6) is -1.37. The molecule has 8 nitrogen and oxygen atoms in total. The molecule has 0 spiro atoms. The Labute approximate surface area is 186 Å². The van der Waals surface area contributed by atoms with Crippen LogP contribution in [0.2, 0.25) is 0 Å². The highest BCUT2D eigenvalue weighted by Gasteiger charge is 2.40. The number of carbonyl (C=O) groups is 3. The maximum absolute atomic E-state index is 12.4. The Morgan fingerprint density at radius 3 is 2.38 bits per heavy atom. The lowest BCUT2D eigenvalue weighted by Gasteiger charge is -2.37. The number of benzene rings is 2. The Balaban J connectivity index is 1.27. The molecule has 0 bridgehead atoms. The number of carbonyl (C=O) groups excluding carboxylic acids is 2. The molecule has 1 unspecified atom stereocenters. The number of morpholine rings is 1. The lowest BCUT2D eigenvalue weighted by atomic mass is 9.98. The molecule has 4 rings (SSSR count). The largest absolute Gasteiger partial charge is 0.479 e. The van der Waals surface area contributed by atoms with E-state index in [1.165, 1.54) is 11.8 Å². The highest BCUT2D eigenvalue weighted by atomic mass is 16.5. The third-order valence-electron chi connectivity index (χ3n) is 6.03. The number of ether oxygens (including phenoxy) is 2. The van der Waals surface area contributed by atoms with E-state index in [-0.39, 0.29) is 44.5 Å². The minimum Gasteiger partial charge on any atom is -0.479 e. The van der Waals surface area contributed by atoms with E-state index in [1.807, 2.05) is 36.4 Å². The zero-order valence-electron chi connectivity index (χ0n) is 17.9. The van der Waals surface area contributed by atoms with E-state index in [9.17, 15) is 19.5 Å². The van der Waals surface area contributed by atoms with Gasteiger partial charge in [-0.25, -0.2) is 9.59 Å². The smallest absolute Gasteiger partial charge is 0.407 e. The number of carboxylic acids is 1. The van der Waals surface area contributed by atoms with Gasteiger partial charge >= 0.3 is 12.1 Å². The number of hydrogen-bond donors (Lipinski definition) is 2. The molecule has 2 amide bonds. The monoisotopic (exact) mass is 438 g/mol. The van der Waals surface area contributed by atoms with Crippen molar-refractivity contribution in [2.45, 2.75) is 24.9 Å². The first-order chi connectivity index (χ1) is 15.4. The molecule has 2 N–H and O–H groups in total. The van der Waals surface area contributed by atoms with Gasteiger partial charge in [0.15, 0.2) is 5.60 Å². The predicted octanol–water partition coefficient (Wildman–Crippen LogP) is 2.62. The quantitative estimate of drug-likeness (QED) is 0.718. The van der Waals surface area contributed by atoms with E-state index in [0.717, 1.165) is 22.3 Å². The van der Waals surface area contributed by atoms with Crippen molar-refractivity contribution in [3.63, 3.8) is 0 Å². The number of nitrogens with one attached hydrogen (secondary N) is 1. The summed E-state index contributed by atoms with van der Waals surface area (Å²) in [6.07, 6.45) is -0.531. The van der Waals surface area contributed by atoms with E-state index in [4.69, 9.17) is 9.47 Å². The summed E-state index contributed by atoms with van der Waals surface area (Å²) in [4.78, 5) is 37.4. The lowest BCUT2D eigenvalue weighted by molar-refractivity contribution is -0.177. The van der Waals surface area contributed by atoms with Crippen LogP contribution in [0.1, 0.15) is 30.4 Å². The van der Waals surface area contributed by atoms with Gasteiger partial charge in [0.05, 0.1) is 13.2 Å². The molecule has 1 aliphatic heterocycles. The van der Waals surface area contributed by atoms with Crippen molar-refractivity contribution in [3.8, 4) is 11.1 Å². The van der Waals surface area contributed by atoms with Gasteiger partial charge in [-0.15, -0.1) is 0 Å². The lowest BCUT2D eigenvalue weighted by Crippen LogP contribution is -2.56. The predicted molar refractivity (Wildman–Crippen MR) is 116 cm³/mol. The Kier molecular flexibility index (Phi) is 6.14. The van der Waals surface area contributed by atoms with E-state index in [1.54, 1.807) is 0 Å². The second kappa shape index (κ2) is 9.00. The van der Waals surface area contributed by atoms with Gasteiger partial charge in [-0.2, -0.15) is 0 Å². The van der Waals surface area contributed by atoms with Gasteiger partial charge in [0.25, 0.3) is 0 Å². The number of aliphatic carboxylic acids is 1. The van der Waals surface area contributed by atoms with E-state index in [0.29, 0.717) is 6.54 Å². The highest BCUT2D eigenvalue weighted by molar-refractivity contribution is 5.81. The van der Waals surface area contributed by atoms with E-state index < -0.39 is 17.7 Å². The van der Waals surface area contributed by atoms with Crippen LogP contribution in [-0.2, 0) is 19.1 Å². The van der Waals surface area contributed by atoms with E-state index in [2.05, 4.69) is 17.4 Å². The molecule has 32 heavy (non-hydrogen) atoms. The zero-order valence-corrected chi connectivity index (χ0v) is 17.9. The first-order valence-corrected chi connectivity index (χ1v) is 10.6. The standard InChI is InChI=1S/C24H26N2O6/c1-24(22(28)29)15-26(12-13-32-24)21(27)10-11-25-23(30)31-14-20-18-8-4-2-6-16(18)17-7-3-5-9-19(17)20/h2-9,20H,10-15H2,1H3,(H,25,30)(H,28,29). The molecule has 168 valence electrons. The van der Waals surface area contributed by atoms with Gasteiger partial charge in [-0.3, -0.25) is 4.79 Å². The molecule has 0 aromatic heterocycles. The number of alkyl carbamates (subject to hydrolysis) is 1. The number of rotatable bonds is 6. The zero-order chi connectivity index (χ0) is 22.7. The number of amides is 2. The molecule has 1 aliphatic carbocycles. The van der Waals surface area contributed by atoms with Crippen molar-refractivity contribution in [1.29, 1.82) is 0 Å². The maximum atomic E-state index is 12.4. The van der Waals surface area contributed by atoms with Crippen LogP contribution in [0.3, 0.4) is 0 Å². The molecular formula is C24H26N2O6. The average Bonchev–Trinajstić information content (AvgIpc) is 3.11. The maximum Gasteiger partial charge on any atom is 0.407 e. The topological polar surface area (TPSA) is 105 Å². The molecule has 1 saturated heterocycles. The van der Waals surface area contributed by atoms with Crippen LogP contribution in [0.15, 0.2) is 48.5 Å². The van der Waals surface area contributed by atoms with Crippen molar-refractivity contribution in [2.24, 2.45) is 0 Å². The molecule has 0 saturated carbocycles. The van der Waals surface area contributed by atoms with Gasteiger partial charge in [-0.1, -0.05) is 48.5 Å². The fourth-order valence-electron chi connectivity index (χ4n) is 4.29. The minimum absolute atomic E-state index is 0.0217. The summed E-state index contributed by atoms with van der Waals surface area (Å²) < 4.78 is 10.8. The molecular weight excluding hydrogens is 412 g/mol. The molecule has 1 atom stereocenters. The molecule has 0 radical (unpaired) electrons. The van der Waals surface area contributed by atoms with Crippen LogP contribution in [-0.4, -0.2) is 66.4 Å². The number of fused-ring (bicyclic) bond motifs is 3. The van der Waals surface area contributed by atoms with Crippen molar-refractivity contribution in [1.82, 2.24) is 10.2 Å². The minimum atomic E-state index is -1.41. The first kappa shape index (κ1) is 21.8. The summed E-state index contributed by atoms with van der Waals surface area (Å²) in [7, 11) is 0. The fourth-order valence-corrected chi connectivity index (χ4v) is 4.29. The van der Waals surface area contributed by atoms with Crippen LogP contribution in [0.4, 0.5) is 4.79 Å². The SMILES string of the molecule is CC1(C(=O)O)CN(C(=O)CCNC(=O)OCC2c3ccccc3-c3ccccc32)CCO1. The Morgan fingerprint density at radius 1 is 1.12 bits per heavy atom. The van der Waals surface area contributed by atoms with Gasteiger partial charge in [0.2, 0.25) is 5.91 Å². The third-order valence-corrected chi connectivity index (χ3v) is 6.03.